The fourth-order valence-corrected chi connectivity index (χ4v) is 3.83. The van der Waals surface area contributed by atoms with Crippen LogP contribution in [-0.4, -0.2) is 50.1 Å². The van der Waals surface area contributed by atoms with E-state index in [2.05, 4.69) is 10.3 Å². The second-order valence-corrected chi connectivity index (χ2v) is 6.30. The van der Waals surface area contributed by atoms with Gasteiger partial charge < -0.3 is 10.1 Å². The number of anilines is 1. The van der Waals surface area contributed by atoms with Gasteiger partial charge >= 0.3 is 0 Å². The van der Waals surface area contributed by atoms with Crippen molar-refractivity contribution in [1.29, 1.82) is 0 Å². The molecule has 1 aliphatic heterocycles. The van der Waals surface area contributed by atoms with Crippen molar-refractivity contribution in [1.82, 2.24) is 9.29 Å². The Labute approximate surface area is 113 Å². The van der Waals surface area contributed by atoms with Gasteiger partial charge in [-0.3, -0.25) is 4.98 Å². The summed E-state index contributed by atoms with van der Waals surface area (Å²) in [5.74, 6) is 0. The van der Waals surface area contributed by atoms with Crippen molar-refractivity contribution in [2.24, 2.45) is 0 Å². The van der Waals surface area contributed by atoms with Crippen molar-refractivity contribution in [2.45, 2.75) is 24.8 Å². The molecule has 0 bridgehead atoms. The van der Waals surface area contributed by atoms with Crippen LogP contribution in [-0.2, 0) is 14.8 Å². The molecule has 1 fully saturated rings. The van der Waals surface area contributed by atoms with Crippen LogP contribution in [0.3, 0.4) is 0 Å². The number of nitrogens with one attached hydrogen (secondary N) is 1. The zero-order chi connectivity index (χ0) is 13.9. The first-order chi connectivity index (χ1) is 9.07. The van der Waals surface area contributed by atoms with E-state index in [9.17, 15) is 8.42 Å². The number of hydrogen-bond donors (Lipinski definition) is 1. The van der Waals surface area contributed by atoms with Gasteiger partial charge in [-0.2, -0.15) is 4.31 Å². The molecule has 6 nitrogen and oxygen atoms in total. The van der Waals surface area contributed by atoms with Crippen LogP contribution in [0.2, 0.25) is 0 Å². The van der Waals surface area contributed by atoms with Gasteiger partial charge in [0.05, 0.1) is 18.9 Å². The maximum absolute atomic E-state index is 12.7. The highest BCUT2D eigenvalue weighted by molar-refractivity contribution is 7.89. The Balaban J connectivity index is 2.38. The van der Waals surface area contributed by atoms with Crippen LogP contribution in [0.4, 0.5) is 5.69 Å². The van der Waals surface area contributed by atoms with Crippen molar-refractivity contribution in [3.63, 3.8) is 0 Å². The van der Waals surface area contributed by atoms with Gasteiger partial charge in [0.2, 0.25) is 10.0 Å². The number of nitrogens with zero attached hydrogens (tertiary/aromatic N) is 2. The molecular weight excluding hydrogens is 266 g/mol. The number of aromatic nitrogens is 1. The predicted molar refractivity (Wildman–Crippen MR) is 72.6 cm³/mol. The highest BCUT2D eigenvalue weighted by atomic mass is 32.2. The van der Waals surface area contributed by atoms with E-state index in [1.807, 2.05) is 13.8 Å². The van der Waals surface area contributed by atoms with Gasteiger partial charge in [0.1, 0.15) is 4.90 Å². The highest BCUT2D eigenvalue weighted by Crippen LogP contribution is 2.25. The Hall–Kier alpha value is -1.18. The summed E-state index contributed by atoms with van der Waals surface area (Å²) in [7, 11) is -3.54. The molecule has 1 unspecified atom stereocenters. The summed E-state index contributed by atoms with van der Waals surface area (Å²) in [6.45, 7) is 5.67. The maximum atomic E-state index is 12.7. The van der Waals surface area contributed by atoms with Gasteiger partial charge in [0.15, 0.2) is 0 Å². The molecule has 1 aromatic rings. The fraction of sp³-hybridized carbons (Fsp3) is 0.583. The van der Waals surface area contributed by atoms with Crippen LogP contribution in [0.1, 0.15) is 13.8 Å². The van der Waals surface area contributed by atoms with Gasteiger partial charge in [0.25, 0.3) is 0 Å². The summed E-state index contributed by atoms with van der Waals surface area (Å²) in [4.78, 5) is 4.16. The topological polar surface area (TPSA) is 71.5 Å². The van der Waals surface area contributed by atoms with Gasteiger partial charge in [-0.05, 0) is 19.9 Å². The molecule has 1 aromatic heterocycles. The summed E-state index contributed by atoms with van der Waals surface area (Å²) < 4.78 is 32.1. The van der Waals surface area contributed by atoms with Gasteiger partial charge in [0, 0.05) is 31.5 Å². The van der Waals surface area contributed by atoms with E-state index in [4.69, 9.17) is 4.74 Å². The van der Waals surface area contributed by atoms with Gasteiger partial charge in [-0.25, -0.2) is 8.42 Å². The van der Waals surface area contributed by atoms with E-state index in [1.165, 1.54) is 10.5 Å². The third kappa shape index (κ3) is 2.88. The summed E-state index contributed by atoms with van der Waals surface area (Å²) >= 11 is 0. The van der Waals surface area contributed by atoms with E-state index in [-0.39, 0.29) is 10.9 Å². The van der Waals surface area contributed by atoms with Crippen LogP contribution in [0.5, 0.6) is 0 Å². The Kier molecular flexibility index (Phi) is 4.38. The molecule has 0 aromatic carbocycles. The van der Waals surface area contributed by atoms with E-state index in [0.717, 1.165) is 0 Å². The summed E-state index contributed by atoms with van der Waals surface area (Å²) in [5.41, 5.74) is 0.594. The normalized spacial score (nSPS) is 21.3. The third-order valence-corrected chi connectivity index (χ3v) is 5.09. The SMILES string of the molecule is CCNc1ccncc1S(=O)(=O)N1CCOCC1C. The molecule has 0 amide bonds. The van der Waals surface area contributed by atoms with Crippen LogP contribution in [0, 0.1) is 0 Å². The van der Waals surface area contributed by atoms with E-state index in [1.54, 1.807) is 12.3 Å². The monoisotopic (exact) mass is 285 g/mol. The lowest BCUT2D eigenvalue weighted by Gasteiger charge is -2.32. The molecule has 1 N–H and O–H groups in total. The molecule has 1 saturated heterocycles. The minimum absolute atomic E-state index is 0.159. The first kappa shape index (κ1) is 14.2. The lowest BCUT2D eigenvalue weighted by molar-refractivity contribution is 0.0393. The van der Waals surface area contributed by atoms with Gasteiger partial charge in [-0.15, -0.1) is 0 Å². The molecule has 0 aliphatic carbocycles. The summed E-state index contributed by atoms with van der Waals surface area (Å²) in [5, 5.41) is 3.06. The summed E-state index contributed by atoms with van der Waals surface area (Å²) in [6.07, 6.45) is 2.98. The molecule has 7 heteroatoms. The number of hydrogen-bond acceptors (Lipinski definition) is 5. The molecule has 1 atom stereocenters. The lowest BCUT2D eigenvalue weighted by atomic mass is 10.3. The van der Waals surface area contributed by atoms with Crippen LogP contribution >= 0.6 is 0 Å². The Morgan fingerprint density at radius 3 is 3.05 bits per heavy atom. The second kappa shape index (κ2) is 5.85. The number of pyridine rings is 1. The first-order valence-electron chi connectivity index (χ1n) is 6.35. The molecule has 106 valence electrons. The molecule has 19 heavy (non-hydrogen) atoms. The largest absolute Gasteiger partial charge is 0.384 e. The van der Waals surface area contributed by atoms with Crippen molar-refractivity contribution in [3.05, 3.63) is 18.5 Å². The van der Waals surface area contributed by atoms with Crippen molar-refractivity contribution in [3.8, 4) is 0 Å². The number of morpholine rings is 1. The molecule has 1 aliphatic rings. The molecular formula is C12H19N3O3S. The van der Waals surface area contributed by atoms with E-state index < -0.39 is 10.0 Å². The first-order valence-corrected chi connectivity index (χ1v) is 7.79. The molecule has 0 saturated carbocycles. The van der Waals surface area contributed by atoms with Crippen LogP contribution in [0.25, 0.3) is 0 Å². The smallest absolute Gasteiger partial charge is 0.247 e. The zero-order valence-corrected chi connectivity index (χ0v) is 12.0. The van der Waals surface area contributed by atoms with Crippen LogP contribution < -0.4 is 5.32 Å². The number of rotatable bonds is 4. The quantitative estimate of drug-likeness (QED) is 0.891. The van der Waals surface area contributed by atoms with Crippen molar-refractivity contribution < 1.29 is 13.2 Å². The van der Waals surface area contributed by atoms with Crippen molar-refractivity contribution >= 4 is 15.7 Å². The minimum Gasteiger partial charge on any atom is -0.384 e. The molecule has 0 radical (unpaired) electrons. The van der Waals surface area contributed by atoms with Crippen molar-refractivity contribution in [2.75, 3.05) is 31.6 Å². The Bertz CT molecular complexity index is 533. The van der Waals surface area contributed by atoms with Gasteiger partial charge in [-0.1, -0.05) is 0 Å². The standard InChI is InChI=1S/C12H19N3O3S/c1-3-14-11-4-5-13-8-12(11)19(16,17)15-6-7-18-9-10(15)2/h4-5,8,10H,3,6-7,9H2,1-2H3,(H,13,14). The second-order valence-electron chi connectivity index (χ2n) is 4.44. The lowest BCUT2D eigenvalue weighted by Crippen LogP contribution is -2.47. The predicted octanol–water partition coefficient (Wildman–Crippen LogP) is 0.923. The molecule has 0 spiro atoms. The Morgan fingerprint density at radius 2 is 2.37 bits per heavy atom. The summed E-state index contributed by atoms with van der Waals surface area (Å²) in [6, 6.07) is 1.52. The van der Waals surface area contributed by atoms with E-state index in [0.29, 0.717) is 32.0 Å². The average molecular weight is 285 g/mol. The average Bonchev–Trinajstić information content (AvgIpc) is 2.40. The van der Waals surface area contributed by atoms with Crippen LogP contribution in [0.15, 0.2) is 23.4 Å². The fourth-order valence-electron chi connectivity index (χ4n) is 2.12. The molecule has 2 rings (SSSR count). The Morgan fingerprint density at radius 1 is 1.58 bits per heavy atom. The maximum Gasteiger partial charge on any atom is 0.247 e. The third-order valence-electron chi connectivity index (χ3n) is 3.05. The highest BCUT2D eigenvalue weighted by Gasteiger charge is 2.33. The molecule has 2 heterocycles. The zero-order valence-electron chi connectivity index (χ0n) is 11.2. The minimum atomic E-state index is -3.54. The number of sulfonamides is 1. The number of ether oxygens (including phenoxy) is 1. The van der Waals surface area contributed by atoms with E-state index >= 15 is 0 Å².